The van der Waals surface area contributed by atoms with Crippen LogP contribution in [-0.4, -0.2) is 53.2 Å². The maximum absolute atomic E-state index is 12.8. The van der Waals surface area contributed by atoms with E-state index in [0.717, 1.165) is 30.7 Å². The maximum Gasteiger partial charge on any atom is 0.360 e. The number of ether oxygens (including phenoxy) is 2. The third kappa shape index (κ3) is 3.91. The van der Waals surface area contributed by atoms with Crippen LogP contribution in [0.15, 0.2) is 10.6 Å². The molecule has 0 bridgehead atoms. The summed E-state index contributed by atoms with van der Waals surface area (Å²) in [7, 11) is 0. The van der Waals surface area contributed by atoms with Crippen molar-refractivity contribution >= 4 is 11.9 Å². The Hall–Kier alpha value is -2.68. The summed E-state index contributed by atoms with van der Waals surface area (Å²) in [5.74, 6) is -0.0503. The van der Waals surface area contributed by atoms with Crippen molar-refractivity contribution < 1.29 is 23.6 Å². The third-order valence-electron chi connectivity index (χ3n) is 5.79. The predicted molar refractivity (Wildman–Crippen MR) is 102 cm³/mol. The first kappa shape index (κ1) is 19.6. The van der Waals surface area contributed by atoms with E-state index < -0.39 is 5.97 Å². The molecule has 2 aromatic heterocycles. The van der Waals surface area contributed by atoms with E-state index in [2.05, 4.69) is 15.6 Å². The summed E-state index contributed by atoms with van der Waals surface area (Å²) < 4.78 is 17.6. The molecule has 29 heavy (non-hydrogen) atoms. The van der Waals surface area contributed by atoms with Gasteiger partial charge in [-0.3, -0.25) is 9.48 Å². The maximum atomic E-state index is 12.8. The van der Waals surface area contributed by atoms with E-state index in [-0.39, 0.29) is 23.6 Å². The van der Waals surface area contributed by atoms with Crippen LogP contribution in [0.25, 0.3) is 0 Å². The lowest BCUT2D eigenvalue weighted by molar-refractivity contribution is 0.0150. The van der Waals surface area contributed by atoms with Gasteiger partial charge in [0.1, 0.15) is 12.4 Å². The highest BCUT2D eigenvalue weighted by molar-refractivity contribution is 5.97. The number of rotatable bonds is 5. The summed E-state index contributed by atoms with van der Waals surface area (Å²) in [6, 6.07) is 1.54. The van der Waals surface area contributed by atoms with E-state index in [9.17, 15) is 9.59 Å². The first-order chi connectivity index (χ1) is 14.0. The molecule has 2 aromatic rings. The number of esters is 1. The van der Waals surface area contributed by atoms with Gasteiger partial charge in [0.15, 0.2) is 5.69 Å². The zero-order chi connectivity index (χ0) is 20.4. The standard InChI is InChI=1S/C20H26N4O5/c1-3-14-17-16(11-20(12-21-18(17)25)4-7-27-8-5-20)24(22-14)6-9-28-19(26)15-10-13(2)29-23-15/h10H,3-9,11-12H2,1-2H3,(H,21,25). The monoisotopic (exact) mass is 402 g/mol. The molecule has 9 heteroatoms. The minimum atomic E-state index is -0.533. The molecule has 0 atom stereocenters. The summed E-state index contributed by atoms with van der Waals surface area (Å²) >= 11 is 0. The Bertz CT molecular complexity index is 910. The lowest BCUT2D eigenvalue weighted by atomic mass is 9.76. The van der Waals surface area contributed by atoms with E-state index in [1.807, 2.05) is 11.6 Å². The van der Waals surface area contributed by atoms with Crippen molar-refractivity contribution in [1.29, 1.82) is 0 Å². The highest BCUT2D eigenvalue weighted by Crippen LogP contribution is 2.37. The topological polar surface area (TPSA) is 108 Å². The minimum Gasteiger partial charge on any atom is -0.459 e. The number of fused-ring (bicyclic) bond motifs is 1. The largest absolute Gasteiger partial charge is 0.459 e. The number of amides is 1. The van der Waals surface area contributed by atoms with Gasteiger partial charge in [0, 0.05) is 25.8 Å². The quantitative estimate of drug-likeness (QED) is 0.758. The van der Waals surface area contributed by atoms with Gasteiger partial charge in [0.05, 0.1) is 23.5 Å². The number of aryl methyl sites for hydroxylation is 2. The summed E-state index contributed by atoms with van der Waals surface area (Å²) in [4.78, 5) is 24.9. The Labute approximate surface area is 168 Å². The molecule has 4 heterocycles. The van der Waals surface area contributed by atoms with Crippen molar-refractivity contribution in [3.05, 3.63) is 34.5 Å². The summed E-state index contributed by atoms with van der Waals surface area (Å²) in [5.41, 5.74) is 2.51. The number of nitrogens with zero attached hydrogens (tertiary/aromatic N) is 3. The van der Waals surface area contributed by atoms with Crippen LogP contribution in [-0.2, 0) is 28.9 Å². The van der Waals surface area contributed by atoms with Gasteiger partial charge in [-0.05, 0) is 38.0 Å². The molecule has 0 unspecified atom stereocenters. The number of aromatic nitrogens is 3. The third-order valence-corrected chi connectivity index (χ3v) is 5.79. The van der Waals surface area contributed by atoms with Crippen molar-refractivity contribution in [3.63, 3.8) is 0 Å². The molecule has 1 fully saturated rings. The fourth-order valence-electron chi connectivity index (χ4n) is 4.12. The molecule has 9 nitrogen and oxygen atoms in total. The van der Waals surface area contributed by atoms with E-state index in [1.165, 1.54) is 6.07 Å². The van der Waals surface area contributed by atoms with Crippen LogP contribution in [0.3, 0.4) is 0 Å². The summed E-state index contributed by atoms with van der Waals surface area (Å²) in [6.45, 7) is 6.27. The van der Waals surface area contributed by atoms with Gasteiger partial charge in [-0.2, -0.15) is 5.10 Å². The first-order valence-corrected chi connectivity index (χ1v) is 10.1. The number of carbonyl (C=O) groups is 2. The van der Waals surface area contributed by atoms with Crippen molar-refractivity contribution in [1.82, 2.24) is 20.3 Å². The van der Waals surface area contributed by atoms with Gasteiger partial charge in [-0.15, -0.1) is 0 Å². The van der Waals surface area contributed by atoms with E-state index >= 15 is 0 Å². The van der Waals surface area contributed by atoms with Gasteiger partial charge in [0.2, 0.25) is 0 Å². The Morgan fingerprint density at radius 2 is 2.17 bits per heavy atom. The van der Waals surface area contributed by atoms with Gasteiger partial charge in [0.25, 0.3) is 5.91 Å². The lowest BCUT2D eigenvalue weighted by Crippen LogP contribution is -2.40. The van der Waals surface area contributed by atoms with Crippen molar-refractivity contribution in [2.24, 2.45) is 5.41 Å². The second-order valence-electron chi connectivity index (χ2n) is 7.78. The van der Waals surface area contributed by atoms with Crippen LogP contribution in [0.1, 0.15) is 57.8 Å². The zero-order valence-electron chi connectivity index (χ0n) is 16.8. The van der Waals surface area contributed by atoms with Crippen LogP contribution < -0.4 is 5.32 Å². The fraction of sp³-hybridized carbons (Fsp3) is 0.600. The molecule has 0 aromatic carbocycles. The molecular formula is C20H26N4O5. The molecule has 0 saturated carbocycles. The Morgan fingerprint density at radius 3 is 2.86 bits per heavy atom. The molecule has 4 rings (SSSR count). The lowest BCUT2D eigenvalue weighted by Gasteiger charge is -2.36. The second-order valence-corrected chi connectivity index (χ2v) is 7.78. The predicted octanol–water partition coefficient (Wildman–Crippen LogP) is 1.68. The number of hydrogen-bond donors (Lipinski definition) is 1. The summed E-state index contributed by atoms with van der Waals surface area (Å²) in [6.07, 6.45) is 3.23. The van der Waals surface area contributed by atoms with Crippen molar-refractivity contribution in [2.75, 3.05) is 26.4 Å². The van der Waals surface area contributed by atoms with Crippen LogP contribution in [0.5, 0.6) is 0 Å². The molecule has 1 saturated heterocycles. The molecule has 1 amide bonds. The highest BCUT2D eigenvalue weighted by Gasteiger charge is 2.39. The molecule has 0 aliphatic carbocycles. The average molecular weight is 402 g/mol. The number of nitrogens with one attached hydrogen (secondary N) is 1. The van der Waals surface area contributed by atoms with Gasteiger partial charge < -0.3 is 19.3 Å². The van der Waals surface area contributed by atoms with E-state index in [4.69, 9.17) is 14.0 Å². The Morgan fingerprint density at radius 1 is 1.38 bits per heavy atom. The Kier molecular flexibility index (Phi) is 5.40. The minimum absolute atomic E-state index is 0.0170. The second kappa shape index (κ2) is 7.98. The Balaban J connectivity index is 1.53. The molecule has 1 N–H and O–H groups in total. The zero-order valence-corrected chi connectivity index (χ0v) is 16.8. The van der Waals surface area contributed by atoms with E-state index in [1.54, 1.807) is 6.92 Å². The normalized spacial score (nSPS) is 18.2. The van der Waals surface area contributed by atoms with Gasteiger partial charge in [-0.1, -0.05) is 12.1 Å². The van der Waals surface area contributed by atoms with Crippen LogP contribution in [0, 0.1) is 12.3 Å². The van der Waals surface area contributed by atoms with E-state index in [0.29, 0.717) is 44.0 Å². The molecular weight excluding hydrogens is 376 g/mol. The van der Waals surface area contributed by atoms with Crippen LogP contribution in [0.2, 0.25) is 0 Å². The molecule has 1 spiro atoms. The molecule has 2 aliphatic rings. The molecule has 0 radical (unpaired) electrons. The van der Waals surface area contributed by atoms with Crippen molar-refractivity contribution in [2.45, 2.75) is 46.1 Å². The SMILES string of the molecule is CCc1nn(CCOC(=O)c2cc(C)on2)c2c1C(=O)NCC1(CCOCC1)C2. The first-order valence-electron chi connectivity index (χ1n) is 10.1. The summed E-state index contributed by atoms with van der Waals surface area (Å²) in [5, 5.41) is 11.4. The van der Waals surface area contributed by atoms with Gasteiger partial charge in [-0.25, -0.2) is 4.79 Å². The van der Waals surface area contributed by atoms with Gasteiger partial charge >= 0.3 is 5.97 Å². The molecule has 2 aliphatic heterocycles. The molecule has 156 valence electrons. The average Bonchev–Trinajstić information content (AvgIpc) is 3.27. The number of carbonyl (C=O) groups excluding carboxylic acids is 2. The fourth-order valence-corrected chi connectivity index (χ4v) is 4.12. The number of hydrogen-bond acceptors (Lipinski definition) is 7. The smallest absolute Gasteiger partial charge is 0.360 e. The van der Waals surface area contributed by atoms with Crippen molar-refractivity contribution in [3.8, 4) is 0 Å². The van der Waals surface area contributed by atoms with Crippen LogP contribution in [0.4, 0.5) is 0 Å². The van der Waals surface area contributed by atoms with Crippen LogP contribution >= 0.6 is 0 Å². The highest BCUT2D eigenvalue weighted by atomic mass is 16.5.